The van der Waals surface area contributed by atoms with Crippen molar-refractivity contribution < 1.29 is 31.9 Å². The lowest BCUT2D eigenvalue weighted by molar-refractivity contribution is -0.118. The lowest BCUT2D eigenvalue weighted by Crippen LogP contribution is -2.58. The monoisotopic (exact) mass is 739 g/mol. The molecule has 11 nitrogen and oxygen atoms in total. The minimum absolute atomic E-state index is 0.101. The number of hydrogen-bond donors (Lipinski definition) is 3. The van der Waals surface area contributed by atoms with E-state index in [2.05, 4.69) is 27.5 Å². The van der Waals surface area contributed by atoms with Crippen LogP contribution in [-0.4, -0.2) is 83.1 Å². The smallest absolute Gasteiger partial charge is 0.407 e. The normalized spacial score (nSPS) is 18.1. The molecule has 0 bridgehead atoms. The molecule has 272 valence electrons. The number of alkyl carbamates (subject to hydrolysis) is 1. The molecule has 0 unspecified atom stereocenters. The Labute approximate surface area is 303 Å². The van der Waals surface area contributed by atoms with Crippen LogP contribution in [0.5, 0.6) is 0 Å². The molecule has 1 fully saturated rings. The lowest BCUT2D eigenvalue weighted by Gasteiger charge is -2.40. The van der Waals surface area contributed by atoms with E-state index in [1.165, 1.54) is 30.7 Å². The van der Waals surface area contributed by atoms with Gasteiger partial charge >= 0.3 is 6.09 Å². The highest BCUT2D eigenvalue weighted by Crippen LogP contribution is 2.32. The third kappa shape index (κ3) is 9.82. The minimum atomic E-state index is -3.85. The molecule has 51 heavy (non-hydrogen) atoms. The molecular formula is C37H43ClFN5O6S. The Morgan fingerprint density at radius 1 is 1.06 bits per heavy atom. The van der Waals surface area contributed by atoms with Crippen LogP contribution in [0.1, 0.15) is 30.4 Å². The first-order valence-electron chi connectivity index (χ1n) is 16.3. The first-order chi connectivity index (χ1) is 24.4. The summed E-state index contributed by atoms with van der Waals surface area (Å²) in [7, 11) is 0.339. The number of anilines is 1. The Hall–Kier alpha value is -4.56. The average Bonchev–Trinajstić information content (AvgIpc) is 3.12. The van der Waals surface area contributed by atoms with E-state index in [1.54, 1.807) is 79.9 Å². The third-order valence-electron chi connectivity index (χ3n) is 8.61. The summed E-state index contributed by atoms with van der Waals surface area (Å²) in [5, 5.41) is 9.17. The molecule has 3 aromatic carbocycles. The van der Waals surface area contributed by atoms with Crippen LogP contribution in [0, 0.1) is 5.82 Å². The van der Waals surface area contributed by atoms with Gasteiger partial charge in [-0.3, -0.25) is 9.79 Å². The van der Waals surface area contributed by atoms with Crippen molar-refractivity contribution in [3.8, 4) is 0 Å². The van der Waals surface area contributed by atoms with Gasteiger partial charge in [-0.15, -0.1) is 0 Å². The SMILES string of the molecule is C=C(/C=C\C(=NC)OC)[C@H](c1ccc(Cl)cc1)[C@H](NC(=O)OC)C(=O)Nc1cccc(F)c1CC[C@H]1CNC[C@@H](C)N1S(=O)(=O)c1ccccc1. The Bertz CT molecular complexity index is 1860. The molecule has 4 atom stereocenters. The summed E-state index contributed by atoms with van der Waals surface area (Å²) >= 11 is 6.17. The third-order valence-corrected chi connectivity index (χ3v) is 10.9. The maximum absolute atomic E-state index is 15.6. The molecule has 0 aromatic heterocycles. The fourth-order valence-electron chi connectivity index (χ4n) is 6.12. The molecule has 14 heteroatoms. The van der Waals surface area contributed by atoms with Crippen LogP contribution in [0.2, 0.25) is 5.02 Å². The summed E-state index contributed by atoms with van der Waals surface area (Å²) in [4.78, 5) is 31.1. The number of carbonyl (C=O) groups excluding carboxylic acids is 2. The van der Waals surface area contributed by atoms with E-state index in [9.17, 15) is 18.0 Å². The van der Waals surface area contributed by atoms with Gasteiger partial charge in [0.05, 0.1) is 19.1 Å². The van der Waals surface area contributed by atoms with Crippen molar-refractivity contribution >= 4 is 45.2 Å². The zero-order valence-corrected chi connectivity index (χ0v) is 30.5. The molecule has 1 saturated heterocycles. The molecule has 0 spiro atoms. The summed E-state index contributed by atoms with van der Waals surface area (Å²) in [6.45, 7) is 6.84. The predicted octanol–water partition coefficient (Wildman–Crippen LogP) is 5.70. The Balaban J connectivity index is 1.66. The molecule has 0 aliphatic carbocycles. The number of sulfonamides is 1. The number of ether oxygens (including phenoxy) is 2. The van der Waals surface area contributed by atoms with Gasteiger partial charge in [0.25, 0.3) is 0 Å². The molecule has 1 aliphatic heterocycles. The Morgan fingerprint density at radius 3 is 2.41 bits per heavy atom. The van der Waals surface area contributed by atoms with Crippen molar-refractivity contribution in [3.05, 3.63) is 119 Å². The summed E-state index contributed by atoms with van der Waals surface area (Å²) < 4.78 is 54.7. The predicted molar refractivity (Wildman–Crippen MR) is 197 cm³/mol. The van der Waals surface area contributed by atoms with Gasteiger partial charge in [0, 0.05) is 60.5 Å². The average molecular weight is 740 g/mol. The van der Waals surface area contributed by atoms with Gasteiger partial charge in [-0.25, -0.2) is 17.6 Å². The number of hydrogen-bond acceptors (Lipinski definition) is 8. The first-order valence-corrected chi connectivity index (χ1v) is 18.1. The maximum atomic E-state index is 15.6. The molecule has 1 aliphatic rings. The van der Waals surface area contributed by atoms with Gasteiger partial charge in [0.2, 0.25) is 21.8 Å². The van der Waals surface area contributed by atoms with Crippen LogP contribution in [0.3, 0.4) is 0 Å². The minimum Gasteiger partial charge on any atom is -0.481 e. The maximum Gasteiger partial charge on any atom is 0.407 e. The van der Waals surface area contributed by atoms with Crippen molar-refractivity contribution in [2.75, 3.05) is 39.7 Å². The summed E-state index contributed by atoms with van der Waals surface area (Å²) in [6.07, 6.45) is 2.67. The van der Waals surface area contributed by atoms with E-state index in [4.69, 9.17) is 21.1 Å². The fraction of sp³-hybridized carbons (Fsp3) is 0.324. The summed E-state index contributed by atoms with van der Waals surface area (Å²) in [5.41, 5.74) is 1.35. The fourth-order valence-corrected chi connectivity index (χ4v) is 8.11. The van der Waals surface area contributed by atoms with Gasteiger partial charge < -0.3 is 25.4 Å². The van der Waals surface area contributed by atoms with Crippen molar-refractivity contribution in [1.29, 1.82) is 0 Å². The number of nitrogens with zero attached hydrogens (tertiary/aromatic N) is 2. The zero-order valence-electron chi connectivity index (χ0n) is 28.9. The van der Waals surface area contributed by atoms with Crippen molar-refractivity contribution in [2.24, 2.45) is 4.99 Å². The second kappa shape index (κ2) is 18.1. The van der Waals surface area contributed by atoms with Crippen molar-refractivity contribution in [3.63, 3.8) is 0 Å². The van der Waals surface area contributed by atoms with E-state index < -0.39 is 45.8 Å². The highest BCUT2D eigenvalue weighted by molar-refractivity contribution is 7.89. The number of carbonyl (C=O) groups is 2. The largest absolute Gasteiger partial charge is 0.481 e. The molecule has 3 aromatic rings. The van der Waals surface area contributed by atoms with Crippen molar-refractivity contribution in [1.82, 2.24) is 14.9 Å². The van der Waals surface area contributed by atoms with Gasteiger partial charge in [0.15, 0.2) is 0 Å². The van der Waals surface area contributed by atoms with E-state index in [1.807, 2.05) is 6.92 Å². The number of rotatable bonds is 13. The highest BCUT2D eigenvalue weighted by atomic mass is 35.5. The van der Waals surface area contributed by atoms with Crippen LogP contribution in [0.25, 0.3) is 0 Å². The summed E-state index contributed by atoms with van der Waals surface area (Å²) in [6, 6.07) is 17.1. The van der Waals surface area contributed by atoms with Crippen LogP contribution in [-0.2, 0) is 30.7 Å². The molecule has 1 heterocycles. The van der Waals surface area contributed by atoms with Gasteiger partial charge in [-0.05, 0) is 67.3 Å². The van der Waals surface area contributed by atoms with Crippen LogP contribution in [0.4, 0.5) is 14.9 Å². The van der Waals surface area contributed by atoms with E-state index >= 15 is 4.39 Å². The molecule has 4 rings (SSSR count). The molecule has 2 amide bonds. The first kappa shape index (κ1) is 39.2. The van der Waals surface area contributed by atoms with Crippen LogP contribution >= 0.6 is 11.6 Å². The number of allylic oxidation sites excluding steroid dienone is 1. The quantitative estimate of drug-likeness (QED) is 0.116. The van der Waals surface area contributed by atoms with Gasteiger partial charge in [-0.1, -0.05) is 60.7 Å². The number of aliphatic imine (C=N–C) groups is 1. The Kier molecular flexibility index (Phi) is 13.9. The van der Waals surface area contributed by atoms with E-state index in [-0.39, 0.29) is 35.0 Å². The molecule has 3 N–H and O–H groups in total. The van der Waals surface area contributed by atoms with E-state index in [0.717, 1.165) is 0 Å². The topological polar surface area (TPSA) is 138 Å². The van der Waals surface area contributed by atoms with Crippen LogP contribution < -0.4 is 16.0 Å². The molecule has 0 saturated carbocycles. The van der Waals surface area contributed by atoms with Gasteiger partial charge in [0.1, 0.15) is 11.9 Å². The number of methoxy groups -OCH3 is 2. The second-order valence-electron chi connectivity index (χ2n) is 11.9. The van der Waals surface area contributed by atoms with Gasteiger partial charge in [-0.2, -0.15) is 4.31 Å². The lowest BCUT2D eigenvalue weighted by atomic mass is 9.84. The Morgan fingerprint density at radius 2 is 1.76 bits per heavy atom. The number of piperazine rings is 1. The highest BCUT2D eigenvalue weighted by Gasteiger charge is 2.38. The zero-order chi connectivity index (χ0) is 37.1. The molecular weight excluding hydrogens is 697 g/mol. The standard InChI is InChI=1S/C37H43ClFN5O6S/c1-24(14-21-33(40-3)49-4)34(26-15-17-27(38)18-16-26)35(43-37(46)50-5)36(45)42-32-13-9-12-31(39)30(32)20-19-28-23-41-22-25(2)44(28)51(47,48)29-10-7-6-8-11-29/h6-18,21,25,28,34-35,41H,1,19-20,22-23H2,2-5H3,(H,42,45)(H,43,46)/b21-14-,40-33?/t25-,28+,34-,35+/m1/s1. The number of nitrogens with one attached hydrogen (secondary N) is 3. The van der Waals surface area contributed by atoms with Crippen LogP contribution in [0.15, 0.2) is 107 Å². The number of halogens is 2. The van der Waals surface area contributed by atoms with E-state index in [0.29, 0.717) is 35.1 Å². The van der Waals surface area contributed by atoms with Crippen molar-refractivity contribution in [2.45, 2.75) is 48.7 Å². The second-order valence-corrected chi connectivity index (χ2v) is 14.2. The summed E-state index contributed by atoms with van der Waals surface area (Å²) in [5.74, 6) is -1.81. The molecule has 0 radical (unpaired) electrons. The number of amides is 2. The number of benzene rings is 3.